The fraction of sp³-hybridized carbons (Fsp3) is 0.455. The van der Waals surface area contributed by atoms with Gasteiger partial charge in [-0.25, -0.2) is 0 Å². The van der Waals surface area contributed by atoms with Crippen LogP contribution in [0, 0.1) is 0 Å². The summed E-state index contributed by atoms with van der Waals surface area (Å²) in [4.78, 5) is 15.4. The molecule has 1 rings (SSSR count). The van der Waals surface area contributed by atoms with E-state index in [0.717, 1.165) is 10.0 Å². The topological polar surface area (TPSA) is 71.5 Å². The zero-order chi connectivity index (χ0) is 12.8. The van der Waals surface area contributed by atoms with E-state index in [-0.39, 0.29) is 0 Å². The SMILES string of the molecule is COC(=O)[C@@H](NCc1cncc(Br)c1)[C@H](C)O. The summed E-state index contributed by atoms with van der Waals surface area (Å²) in [5.41, 5.74) is 0.911. The van der Waals surface area contributed by atoms with Crippen LogP contribution in [0.5, 0.6) is 0 Å². The van der Waals surface area contributed by atoms with Gasteiger partial charge < -0.3 is 9.84 Å². The second-order valence-corrected chi connectivity index (χ2v) is 4.55. The number of carbonyl (C=O) groups excluding carboxylic acids is 1. The summed E-state index contributed by atoms with van der Waals surface area (Å²) >= 11 is 3.31. The summed E-state index contributed by atoms with van der Waals surface area (Å²) in [6, 6.07) is 1.15. The molecule has 94 valence electrons. The minimum Gasteiger partial charge on any atom is -0.468 e. The molecule has 1 aromatic rings. The number of aliphatic hydroxyl groups excluding tert-OH is 1. The predicted octanol–water partition coefficient (Wildman–Crippen LogP) is 0.856. The minimum absolute atomic E-state index is 0.428. The Morgan fingerprint density at radius 2 is 2.35 bits per heavy atom. The number of methoxy groups -OCH3 is 1. The van der Waals surface area contributed by atoms with Gasteiger partial charge in [-0.15, -0.1) is 0 Å². The molecular weight excluding hydrogens is 288 g/mol. The molecule has 0 unspecified atom stereocenters. The first kappa shape index (κ1) is 14.1. The molecule has 0 spiro atoms. The molecule has 0 saturated heterocycles. The number of halogens is 1. The Labute approximate surface area is 108 Å². The van der Waals surface area contributed by atoms with Gasteiger partial charge in [-0.1, -0.05) is 0 Å². The lowest BCUT2D eigenvalue weighted by Gasteiger charge is -2.18. The number of aliphatic hydroxyl groups is 1. The van der Waals surface area contributed by atoms with Gasteiger partial charge in [-0.2, -0.15) is 0 Å². The second kappa shape index (κ2) is 6.68. The van der Waals surface area contributed by atoms with Crippen LogP contribution in [0.1, 0.15) is 12.5 Å². The van der Waals surface area contributed by atoms with E-state index in [0.29, 0.717) is 6.54 Å². The van der Waals surface area contributed by atoms with Gasteiger partial charge in [0.1, 0.15) is 6.04 Å². The zero-order valence-electron chi connectivity index (χ0n) is 9.68. The van der Waals surface area contributed by atoms with E-state index < -0.39 is 18.1 Å². The third-order valence-electron chi connectivity index (χ3n) is 2.23. The Kier molecular flexibility index (Phi) is 5.54. The maximum atomic E-state index is 11.4. The highest BCUT2D eigenvalue weighted by molar-refractivity contribution is 9.10. The van der Waals surface area contributed by atoms with E-state index in [9.17, 15) is 9.90 Å². The van der Waals surface area contributed by atoms with Crippen LogP contribution in [0.2, 0.25) is 0 Å². The molecule has 1 heterocycles. The molecule has 1 aromatic heterocycles. The van der Waals surface area contributed by atoms with Crippen molar-refractivity contribution in [3.8, 4) is 0 Å². The Balaban J connectivity index is 2.61. The molecule has 0 fully saturated rings. The first-order valence-electron chi connectivity index (χ1n) is 5.13. The van der Waals surface area contributed by atoms with Gasteiger partial charge in [0.2, 0.25) is 0 Å². The third-order valence-corrected chi connectivity index (χ3v) is 2.66. The number of nitrogens with zero attached hydrogens (tertiary/aromatic N) is 1. The molecule has 0 amide bonds. The number of esters is 1. The van der Waals surface area contributed by atoms with Crippen molar-refractivity contribution in [2.45, 2.75) is 25.6 Å². The van der Waals surface area contributed by atoms with Crippen molar-refractivity contribution in [2.75, 3.05) is 7.11 Å². The molecule has 17 heavy (non-hydrogen) atoms. The summed E-state index contributed by atoms with van der Waals surface area (Å²) in [6.45, 7) is 1.96. The quantitative estimate of drug-likeness (QED) is 0.789. The smallest absolute Gasteiger partial charge is 0.325 e. The van der Waals surface area contributed by atoms with Crippen molar-refractivity contribution in [2.24, 2.45) is 0 Å². The van der Waals surface area contributed by atoms with E-state index in [2.05, 4.69) is 31.0 Å². The molecule has 2 atom stereocenters. The van der Waals surface area contributed by atoms with Crippen LogP contribution in [0.3, 0.4) is 0 Å². The van der Waals surface area contributed by atoms with Crippen molar-refractivity contribution in [1.82, 2.24) is 10.3 Å². The van der Waals surface area contributed by atoms with Crippen molar-refractivity contribution >= 4 is 21.9 Å². The number of nitrogens with one attached hydrogen (secondary N) is 1. The molecule has 0 aliphatic carbocycles. The number of pyridine rings is 1. The first-order chi connectivity index (χ1) is 8.04. The number of aromatic nitrogens is 1. The molecule has 2 N–H and O–H groups in total. The standard InChI is InChI=1S/C11H15BrN2O3/c1-7(15)10(11(16)17-2)14-5-8-3-9(12)6-13-4-8/h3-4,6-7,10,14-15H,5H2,1-2H3/t7-,10-/m0/s1. The third kappa shape index (κ3) is 4.41. The number of hydrogen-bond acceptors (Lipinski definition) is 5. The summed E-state index contributed by atoms with van der Waals surface area (Å²) < 4.78 is 5.46. The van der Waals surface area contributed by atoms with Crippen LogP contribution in [0.25, 0.3) is 0 Å². The number of carbonyl (C=O) groups is 1. The maximum Gasteiger partial charge on any atom is 0.325 e. The van der Waals surface area contributed by atoms with Crippen molar-refractivity contribution in [1.29, 1.82) is 0 Å². The minimum atomic E-state index is -0.817. The van der Waals surface area contributed by atoms with Crippen LogP contribution in [-0.2, 0) is 16.1 Å². The Morgan fingerprint density at radius 3 is 2.88 bits per heavy atom. The fourth-order valence-electron chi connectivity index (χ4n) is 1.36. The van der Waals surface area contributed by atoms with E-state index in [1.807, 2.05) is 6.07 Å². The molecule has 0 saturated carbocycles. The maximum absolute atomic E-state index is 11.4. The van der Waals surface area contributed by atoms with Gasteiger partial charge in [0.15, 0.2) is 0 Å². The lowest BCUT2D eigenvalue weighted by Crippen LogP contribution is -2.45. The fourth-order valence-corrected chi connectivity index (χ4v) is 1.77. The molecule has 0 bridgehead atoms. The summed E-state index contributed by atoms with van der Waals surface area (Å²) in [5.74, 6) is -0.483. The van der Waals surface area contributed by atoms with Crippen molar-refractivity contribution in [3.63, 3.8) is 0 Å². The van der Waals surface area contributed by atoms with E-state index >= 15 is 0 Å². The zero-order valence-corrected chi connectivity index (χ0v) is 11.3. The molecular formula is C11H15BrN2O3. The summed E-state index contributed by atoms with van der Waals surface area (Å²) in [5, 5.41) is 12.4. The van der Waals surface area contributed by atoms with E-state index in [1.54, 1.807) is 12.4 Å². The van der Waals surface area contributed by atoms with Crippen LogP contribution in [0.4, 0.5) is 0 Å². The number of hydrogen-bond donors (Lipinski definition) is 2. The molecule has 0 aliphatic rings. The normalized spacial score (nSPS) is 14.1. The second-order valence-electron chi connectivity index (χ2n) is 3.63. The highest BCUT2D eigenvalue weighted by atomic mass is 79.9. The van der Waals surface area contributed by atoms with Gasteiger partial charge in [0, 0.05) is 23.4 Å². The highest BCUT2D eigenvalue weighted by Gasteiger charge is 2.23. The predicted molar refractivity (Wildman–Crippen MR) is 66.3 cm³/mol. The monoisotopic (exact) mass is 302 g/mol. The van der Waals surface area contributed by atoms with Crippen LogP contribution >= 0.6 is 15.9 Å². The Bertz CT molecular complexity index is 385. The van der Waals surface area contributed by atoms with Crippen LogP contribution in [-0.4, -0.2) is 35.3 Å². The van der Waals surface area contributed by atoms with Gasteiger partial charge in [-0.3, -0.25) is 15.1 Å². The Morgan fingerprint density at radius 1 is 1.65 bits per heavy atom. The van der Waals surface area contributed by atoms with Crippen molar-refractivity contribution in [3.05, 3.63) is 28.5 Å². The molecule has 6 heteroatoms. The van der Waals surface area contributed by atoms with Crippen LogP contribution in [0.15, 0.2) is 22.9 Å². The molecule has 0 radical (unpaired) electrons. The molecule has 0 aliphatic heterocycles. The van der Waals surface area contributed by atoms with Gasteiger partial charge in [0.05, 0.1) is 13.2 Å². The van der Waals surface area contributed by atoms with Gasteiger partial charge in [0.25, 0.3) is 0 Å². The summed E-state index contributed by atoms with van der Waals surface area (Å²) in [6.07, 6.45) is 2.55. The lowest BCUT2D eigenvalue weighted by atomic mass is 10.1. The van der Waals surface area contributed by atoms with Gasteiger partial charge in [-0.05, 0) is 34.5 Å². The number of ether oxygens (including phenoxy) is 1. The molecule has 5 nitrogen and oxygen atoms in total. The average Bonchev–Trinajstić information content (AvgIpc) is 2.28. The van der Waals surface area contributed by atoms with Crippen LogP contribution < -0.4 is 5.32 Å². The average molecular weight is 303 g/mol. The van der Waals surface area contributed by atoms with E-state index in [4.69, 9.17) is 0 Å². The number of rotatable bonds is 5. The lowest BCUT2D eigenvalue weighted by molar-refractivity contribution is -0.145. The Hall–Kier alpha value is -0.980. The largest absolute Gasteiger partial charge is 0.468 e. The van der Waals surface area contributed by atoms with Crippen molar-refractivity contribution < 1.29 is 14.6 Å². The molecule has 0 aromatic carbocycles. The van der Waals surface area contributed by atoms with Gasteiger partial charge >= 0.3 is 5.97 Å². The summed E-state index contributed by atoms with van der Waals surface area (Å²) in [7, 11) is 1.29. The first-order valence-corrected chi connectivity index (χ1v) is 5.92. The highest BCUT2D eigenvalue weighted by Crippen LogP contribution is 2.09. The van der Waals surface area contributed by atoms with E-state index in [1.165, 1.54) is 14.0 Å².